The molecule has 0 aliphatic heterocycles. The summed E-state index contributed by atoms with van der Waals surface area (Å²) in [6.07, 6.45) is 5.55. The summed E-state index contributed by atoms with van der Waals surface area (Å²) in [6.45, 7) is 7.79. The predicted octanol–water partition coefficient (Wildman–Crippen LogP) is 3.55. The highest BCUT2D eigenvalue weighted by atomic mass is 16.5. The van der Waals surface area contributed by atoms with E-state index in [1.807, 2.05) is 6.92 Å². The predicted molar refractivity (Wildman–Crippen MR) is 72.5 cm³/mol. The van der Waals surface area contributed by atoms with Crippen molar-refractivity contribution >= 4 is 0 Å². The fourth-order valence-corrected chi connectivity index (χ4v) is 2.39. The van der Waals surface area contributed by atoms with Crippen molar-refractivity contribution in [3.8, 4) is 0 Å². The van der Waals surface area contributed by atoms with Crippen LogP contribution in [0.5, 0.6) is 0 Å². The van der Waals surface area contributed by atoms with E-state index >= 15 is 0 Å². The van der Waals surface area contributed by atoms with Crippen LogP contribution in [0.2, 0.25) is 0 Å². The Bertz CT molecular complexity index is 365. The fraction of sp³-hybridized carbons (Fsp3) is 0.733. The van der Waals surface area contributed by atoms with E-state index in [0.29, 0.717) is 18.8 Å². The largest absolute Gasteiger partial charge is 0.465 e. The molecular formula is C15H25NO2. The van der Waals surface area contributed by atoms with Gasteiger partial charge in [-0.25, -0.2) is 0 Å². The second kappa shape index (κ2) is 6.39. The number of furan rings is 1. The van der Waals surface area contributed by atoms with Gasteiger partial charge < -0.3 is 14.5 Å². The lowest BCUT2D eigenvalue weighted by Gasteiger charge is -2.09. The third-order valence-electron chi connectivity index (χ3n) is 3.53. The molecule has 0 bridgehead atoms. The molecule has 0 unspecified atom stereocenters. The Balaban J connectivity index is 1.83. The molecule has 0 saturated heterocycles. The second-order valence-corrected chi connectivity index (χ2v) is 5.55. The topological polar surface area (TPSA) is 34.4 Å². The Morgan fingerprint density at radius 3 is 2.78 bits per heavy atom. The Kier molecular flexibility index (Phi) is 4.84. The van der Waals surface area contributed by atoms with E-state index in [-0.39, 0.29) is 0 Å². The maximum atomic E-state index is 5.93. The van der Waals surface area contributed by atoms with Gasteiger partial charge in [-0.15, -0.1) is 0 Å². The van der Waals surface area contributed by atoms with Gasteiger partial charge in [0, 0.05) is 11.6 Å². The summed E-state index contributed by atoms with van der Waals surface area (Å²) in [5, 5.41) is 3.36. The van der Waals surface area contributed by atoms with Crippen LogP contribution in [0.15, 0.2) is 10.5 Å². The number of nitrogens with one attached hydrogen (secondary N) is 1. The normalized spacial score (nSPS) is 16.9. The monoisotopic (exact) mass is 251 g/mol. The Morgan fingerprint density at radius 1 is 1.39 bits per heavy atom. The molecule has 1 aliphatic rings. The molecule has 1 fully saturated rings. The lowest BCUT2D eigenvalue weighted by Crippen LogP contribution is -2.21. The maximum absolute atomic E-state index is 5.93. The smallest absolute Gasteiger partial charge is 0.118 e. The third kappa shape index (κ3) is 3.85. The van der Waals surface area contributed by atoms with Gasteiger partial charge in [-0.05, 0) is 25.8 Å². The average molecular weight is 251 g/mol. The van der Waals surface area contributed by atoms with Crippen molar-refractivity contribution in [3.05, 3.63) is 23.2 Å². The number of hydrogen-bond donors (Lipinski definition) is 1. The molecule has 102 valence electrons. The lowest BCUT2D eigenvalue weighted by molar-refractivity contribution is 0.0451. The first-order valence-electron chi connectivity index (χ1n) is 7.08. The van der Waals surface area contributed by atoms with Crippen molar-refractivity contribution in [1.29, 1.82) is 0 Å². The van der Waals surface area contributed by atoms with Crippen LogP contribution in [-0.4, -0.2) is 12.1 Å². The Hall–Kier alpha value is -0.800. The number of hydrogen-bond acceptors (Lipinski definition) is 3. The van der Waals surface area contributed by atoms with E-state index in [0.717, 1.165) is 18.1 Å². The molecule has 1 heterocycles. The molecule has 0 aromatic carbocycles. The fourth-order valence-electron chi connectivity index (χ4n) is 2.39. The number of rotatable bonds is 6. The van der Waals surface area contributed by atoms with Crippen molar-refractivity contribution in [1.82, 2.24) is 5.32 Å². The van der Waals surface area contributed by atoms with E-state index in [1.165, 1.54) is 31.2 Å². The van der Waals surface area contributed by atoms with Gasteiger partial charge in [-0.3, -0.25) is 0 Å². The number of ether oxygens (including phenoxy) is 1. The minimum atomic E-state index is 0.469. The van der Waals surface area contributed by atoms with Crippen LogP contribution in [0.3, 0.4) is 0 Å². The van der Waals surface area contributed by atoms with Crippen LogP contribution in [0.25, 0.3) is 0 Å². The zero-order valence-corrected chi connectivity index (χ0v) is 11.8. The lowest BCUT2D eigenvalue weighted by atomic mass is 10.2. The molecule has 0 atom stereocenters. The first kappa shape index (κ1) is 13.6. The van der Waals surface area contributed by atoms with Crippen molar-refractivity contribution in [2.45, 2.75) is 71.8 Å². The van der Waals surface area contributed by atoms with Gasteiger partial charge in [-0.1, -0.05) is 26.7 Å². The molecule has 1 saturated carbocycles. The van der Waals surface area contributed by atoms with Crippen LogP contribution >= 0.6 is 0 Å². The third-order valence-corrected chi connectivity index (χ3v) is 3.53. The molecule has 1 aliphatic carbocycles. The van der Waals surface area contributed by atoms with Crippen LogP contribution < -0.4 is 5.32 Å². The quantitative estimate of drug-likeness (QED) is 0.839. The van der Waals surface area contributed by atoms with Gasteiger partial charge in [0.1, 0.15) is 11.5 Å². The summed E-state index contributed by atoms with van der Waals surface area (Å²) in [4.78, 5) is 0. The summed E-state index contributed by atoms with van der Waals surface area (Å²) in [6, 6.07) is 2.60. The van der Waals surface area contributed by atoms with Crippen LogP contribution in [-0.2, 0) is 17.9 Å². The standard InChI is InChI=1S/C15H25NO2/c1-11(2)16-9-15-8-13(12(3)18-15)10-17-14-6-4-5-7-14/h8,11,14,16H,4-7,9-10H2,1-3H3. The van der Waals surface area contributed by atoms with Gasteiger partial charge in [0.15, 0.2) is 0 Å². The van der Waals surface area contributed by atoms with Crippen LogP contribution in [0, 0.1) is 6.92 Å². The maximum Gasteiger partial charge on any atom is 0.118 e. The molecule has 0 amide bonds. The molecule has 1 aromatic rings. The average Bonchev–Trinajstić information content (AvgIpc) is 2.93. The second-order valence-electron chi connectivity index (χ2n) is 5.55. The van der Waals surface area contributed by atoms with Crippen LogP contribution in [0.4, 0.5) is 0 Å². The molecule has 0 radical (unpaired) electrons. The zero-order valence-electron chi connectivity index (χ0n) is 11.8. The molecule has 3 nitrogen and oxygen atoms in total. The highest BCUT2D eigenvalue weighted by molar-refractivity contribution is 5.20. The molecule has 18 heavy (non-hydrogen) atoms. The van der Waals surface area contributed by atoms with Crippen molar-refractivity contribution in [3.63, 3.8) is 0 Å². The van der Waals surface area contributed by atoms with E-state index < -0.39 is 0 Å². The van der Waals surface area contributed by atoms with E-state index in [2.05, 4.69) is 25.2 Å². The minimum Gasteiger partial charge on any atom is -0.465 e. The van der Waals surface area contributed by atoms with Crippen molar-refractivity contribution in [2.24, 2.45) is 0 Å². The van der Waals surface area contributed by atoms with E-state index in [9.17, 15) is 0 Å². The Morgan fingerprint density at radius 2 is 2.11 bits per heavy atom. The highest BCUT2D eigenvalue weighted by Crippen LogP contribution is 2.23. The molecule has 1 N–H and O–H groups in total. The summed E-state index contributed by atoms with van der Waals surface area (Å²) < 4.78 is 11.7. The molecule has 0 spiro atoms. The zero-order chi connectivity index (χ0) is 13.0. The van der Waals surface area contributed by atoms with E-state index in [1.54, 1.807) is 0 Å². The van der Waals surface area contributed by atoms with Crippen molar-refractivity contribution in [2.75, 3.05) is 0 Å². The Labute approximate surface area is 110 Å². The van der Waals surface area contributed by atoms with Crippen molar-refractivity contribution < 1.29 is 9.15 Å². The van der Waals surface area contributed by atoms with Gasteiger partial charge >= 0.3 is 0 Å². The van der Waals surface area contributed by atoms with Gasteiger partial charge in [0.25, 0.3) is 0 Å². The molecule has 2 rings (SSSR count). The number of aryl methyl sites for hydroxylation is 1. The SMILES string of the molecule is Cc1oc(CNC(C)C)cc1COC1CCCC1. The minimum absolute atomic E-state index is 0.469. The highest BCUT2D eigenvalue weighted by Gasteiger charge is 2.16. The first-order valence-corrected chi connectivity index (χ1v) is 7.08. The molecular weight excluding hydrogens is 226 g/mol. The molecule has 3 heteroatoms. The van der Waals surface area contributed by atoms with E-state index in [4.69, 9.17) is 9.15 Å². The summed E-state index contributed by atoms with van der Waals surface area (Å²) in [5.41, 5.74) is 1.20. The molecule has 1 aromatic heterocycles. The van der Waals surface area contributed by atoms with Gasteiger partial charge in [0.2, 0.25) is 0 Å². The van der Waals surface area contributed by atoms with Crippen LogP contribution in [0.1, 0.15) is 56.6 Å². The summed E-state index contributed by atoms with van der Waals surface area (Å²) in [5.74, 6) is 2.00. The van der Waals surface area contributed by atoms with Gasteiger partial charge in [0.05, 0.1) is 19.3 Å². The van der Waals surface area contributed by atoms with Gasteiger partial charge in [-0.2, -0.15) is 0 Å². The first-order chi connectivity index (χ1) is 8.65. The summed E-state index contributed by atoms with van der Waals surface area (Å²) in [7, 11) is 0. The summed E-state index contributed by atoms with van der Waals surface area (Å²) >= 11 is 0.